The Bertz CT molecular complexity index is 1250. The molecule has 0 bridgehead atoms. The molecule has 0 atom stereocenters. The van der Waals surface area contributed by atoms with Gasteiger partial charge in [-0.1, -0.05) is 32.4 Å². The lowest BCUT2D eigenvalue weighted by molar-refractivity contribution is 0.352. The minimum absolute atomic E-state index is 0.164. The van der Waals surface area contributed by atoms with Gasteiger partial charge in [0.15, 0.2) is 5.65 Å². The first-order valence-electron chi connectivity index (χ1n) is 12.1. The van der Waals surface area contributed by atoms with Gasteiger partial charge in [-0.25, -0.2) is 4.98 Å². The van der Waals surface area contributed by atoms with Crippen molar-refractivity contribution in [2.24, 2.45) is 10.2 Å². The van der Waals surface area contributed by atoms with Crippen molar-refractivity contribution in [1.29, 1.82) is 0 Å². The molecule has 1 saturated heterocycles. The summed E-state index contributed by atoms with van der Waals surface area (Å²) in [6.07, 6.45) is 9.39. The summed E-state index contributed by atoms with van der Waals surface area (Å²) in [6, 6.07) is 5.59. The maximum absolute atomic E-state index is 10.9. The molecule has 0 saturated carbocycles. The van der Waals surface area contributed by atoms with Gasteiger partial charge in [0.25, 0.3) is 0 Å². The lowest BCUT2D eigenvalue weighted by atomic mass is 10.0. The number of rotatable bonds is 3. The third-order valence-electron chi connectivity index (χ3n) is 5.97. The second-order valence-electron chi connectivity index (χ2n) is 8.22. The molecule has 0 spiro atoms. The first-order valence-corrected chi connectivity index (χ1v) is 12.1. The predicted molar refractivity (Wildman–Crippen MR) is 138 cm³/mol. The Labute approximate surface area is 200 Å². The number of imidazole rings is 1. The number of fused-ring (bicyclic) bond motifs is 1. The monoisotopic (exact) mass is 459 g/mol. The average molecular weight is 460 g/mol. The number of amidine groups is 1. The Morgan fingerprint density at radius 2 is 1.88 bits per heavy atom. The van der Waals surface area contributed by atoms with Crippen LogP contribution in [0.1, 0.15) is 44.9 Å². The smallest absolute Gasteiger partial charge is 0.155 e. The largest absolute Gasteiger partial charge is 0.507 e. The van der Waals surface area contributed by atoms with Crippen LogP contribution in [0.5, 0.6) is 5.75 Å². The quantitative estimate of drug-likeness (QED) is 0.613. The predicted octanol–water partition coefficient (Wildman–Crippen LogP) is 4.18. The Morgan fingerprint density at radius 1 is 1.09 bits per heavy atom. The molecule has 178 valence electrons. The van der Waals surface area contributed by atoms with Crippen molar-refractivity contribution in [2.75, 3.05) is 26.2 Å². The number of nitrogens with one attached hydrogen (secondary N) is 1. The van der Waals surface area contributed by atoms with Gasteiger partial charge in [0.2, 0.25) is 0 Å². The van der Waals surface area contributed by atoms with E-state index >= 15 is 0 Å². The molecule has 2 aromatic heterocycles. The summed E-state index contributed by atoms with van der Waals surface area (Å²) in [5, 5.41) is 23.4. The van der Waals surface area contributed by atoms with E-state index in [1.807, 2.05) is 49.7 Å². The molecular formula is C26H33N7O. The van der Waals surface area contributed by atoms with Crippen molar-refractivity contribution >= 4 is 17.2 Å². The number of piperazine rings is 1. The summed E-state index contributed by atoms with van der Waals surface area (Å²) < 4.78 is 1.95. The molecule has 5 rings (SSSR count). The fourth-order valence-corrected chi connectivity index (χ4v) is 4.16. The Morgan fingerprint density at radius 3 is 2.62 bits per heavy atom. The highest BCUT2D eigenvalue weighted by Crippen LogP contribution is 2.28. The van der Waals surface area contributed by atoms with E-state index in [0.29, 0.717) is 11.3 Å². The van der Waals surface area contributed by atoms with Gasteiger partial charge in [-0.15, -0.1) is 10.2 Å². The summed E-state index contributed by atoms with van der Waals surface area (Å²) in [5.74, 6) is 1.16. The van der Waals surface area contributed by atoms with Crippen LogP contribution in [0.15, 0.2) is 58.6 Å². The number of benzene rings is 1. The molecular weight excluding hydrogens is 426 g/mol. The number of aromatic nitrogens is 3. The molecule has 1 fully saturated rings. The SMILES string of the molecule is CC.CCC1=CC(c2ccc(-c3cn4cc(C)nc4cn3)cc2O)=NN=C(N2CCNCC2)C1. The van der Waals surface area contributed by atoms with Crippen molar-refractivity contribution in [2.45, 2.75) is 40.5 Å². The Hall–Kier alpha value is -3.52. The van der Waals surface area contributed by atoms with Gasteiger partial charge in [-0.2, -0.15) is 0 Å². The minimum atomic E-state index is 0.164. The molecule has 0 amide bonds. The highest BCUT2D eigenvalue weighted by molar-refractivity contribution is 6.12. The fraction of sp³-hybridized carbons (Fsp3) is 0.385. The molecule has 0 radical (unpaired) electrons. The van der Waals surface area contributed by atoms with Crippen LogP contribution in [0.3, 0.4) is 0 Å². The van der Waals surface area contributed by atoms with E-state index in [2.05, 4.69) is 43.4 Å². The number of aromatic hydroxyl groups is 1. The zero-order valence-corrected chi connectivity index (χ0v) is 20.4. The van der Waals surface area contributed by atoms with Crippen molar-refractivity contribution < 1.29 is 5.11 Å². The molecule has 0 unspecified atom stereocenters. The number of phenols is 1. The van der Waals surface area contributed by atoms with Crippen molar-refractivity contribution in [1.82, 2.24) is 24.6 Å². The van der Waals surface area contributed by atoms with E-state index in [1.165, 1.54) is 5.57 Å². The Balaban J connectivity index is 0.00000133. The number of hydrogen-bond acceptors (Lipinski definition) is 7. The third kappa shape index (κ3) is 5.02. The van der Waals surface area contributed by atoms with Gasteiger partial charge in [-0.05, 0) is 31.6 Å². The van der Waals surface area contributed by atoms with E-state index in [4.69, 9.17) is 0 Å². The average Bonchev–Trinajstić information content (AvgIpc) is 3.11. The summed E-state index contributed by atoms with van der Waals surface area (Å²) in [7, 11) is 0. The normalized spacial score (nSPS) is 16.2. The molecule has 34 heavy (non-hydrogen) atoms. The zero-order chi connectivity index (χ0) is 24.1. The molecule has 0 aliphatic carbocycles. The van der Waals surface area contributed by atoms with Gasteiger partial charge in [0, 0.05) is 56.1 Å². The molecule has 2 aliphatic heterocycles. The van der Waals surface area contributed by atoms with Crippen LogP contribution in [0.2, 0.25) is 0 Å². The molecule has 2 aliphatic rings. The fourth-order valence-electron chi connectivity index (χ4n) is 4.16. The highest BCUT2D eigenvalue weighted by atomic mass is 16.3. The Kier molecular flexibility index (Phi) is 7.37. The van der Waals surface area contributed by atoms with Crippen molar-refractivity contribution in [3.63, 3.8) is 0 Å². The molecule has 3 aromatic rings. The summed E-state index contributed by atoms with van der Waals surface area (Å²) in [6.45, 7) is 11.9. The number of aryl methyl sites for hydroxylation is 1. The van der Waals surface area contributed by atoms with Crippen LogP contribution in [0.4, 0.5) is 0 Å². The number of allylic oxidation sites excluding steroid dienone is 1. The van der Waals surface area contributed by atoms with Gasteiger partial charge in [0.1, 0.15) is 11.6 Å². The van der Waals surface area contributed by atoms with Crippen LogP contribution in [-0.4, -0.2) is 62.1 Å². The van der Waals surface area contributed by atoms with Gasteiger partial charge < -0.3 is 19.7 Å². The van der Waals surface area contributed by atoms with Crippen LogP contribution in [-0.2, 0) is 0 Å². The number of phenolic OH excluding ortho intramolecular Hbond substituents is 1. The summed E-state index contributed by atoms with van der Waals surface area (Å²) in [4.78, 5) is 11.2. The van der Waals surface area contributed by atoms with Gasteiger partial charge in [-0.3, -0.25) is 4.98 Å². The van der Waals surface area contributed by atoms with Gasteiger partial charge >= 0.3 is 0 Å². The highest BCUT2D eigenvalue weighted by Gasteiger charge is 2.19. The van der Waals surface area contributed by atoms with Crippen molar-refractivity contribution in [3.8, 4) is 17.0 Å². The second kappa shape index (κ2) is 10.6. The van der Waals surface area contributed by atoms with E-state index in [1.54, 1.807) is 12.3 Å². The van der Waals surface area contributed by atoms with Crippen LogP contribution in [0, 0.1) is 6.92 Å². The van der Waals surface area contributed by atoms with E-state index in [9.17, 15) is 5.11 Å². The molecule has 2 N–H and O–H groups in total. The van der Waals surface area contributed by atoms with E-state index < -0.39 is 0 Å². The topological polar surface area (TPSA) is 90.4 Å². The summed E-state index contributed by atoms with van der Waals surface area (Å²) in [5.41, 5.74) is 5.95. The lowest BCUT2D eigenvalue weighted by Gasteiger charge is -2.29. The molecule has 1 aromatic carbocycles. The molecule has 8 nitrogen and oxygen atoms in total. The number of hydrogen-bond donors (Lipinski definition) is 2. The van der Waals surface area contributed by atoms with Crippen LogP contribution in [0.25, 0.3) is 16.9 Å². The maximum Gasteiger partial charge on any atom is 0.155 e. The van der Waals surface area contributed by atoms with E-state index in [0.717, 1.165) is 67.5 Å². The first-order chi connectivity index (χ1) is 16.6. The summed E-state index contributed by atoms with van der Waals surface area (Å²) >= 11 is 0. The van der Waals surface area contributed by atoms with Crippen molar-refractivity contribution in [3.05, 3.63) is 59.7 Å². The molecule has 8 heteroatoms. The first kappa shape index (κ1) is 23.6. The number of nitrogens with zero attached hydrogens (tertiary/aromatic N) is 6. The van der Waals surface area contributed by atoms with Crippen LogP contribution < -0.4 is 5.32 Å². The standard InChI is InChI=1S/C24H27N7O.C2H6/c1-3-17-10-20(28-29-23(11-17)30-8-6-25-7-9-30)19-5-4-18(12-22(19)32)21-15-31-14-16(2)27-24(31)13-26-21;1-2/h4-5,10,12-15,25,32H,3,6-9,11H2,1-2H3;1-2H3. The van der Waals surface area contributed by atoms with Crippen LogP contribution >= 0.6 is 0 Å². The van der Waals surface area contributed by atoms with Gasteiger partial charge in [0.05, 0.1) is 23.3 Å². The molecule has 4 heterocycles. The maximum atomic E-state index is 10.9. The lowest BCUT2D eigenvalue weighted by Crippen LogP contribution is -2.46. The zero-order valence-electron chi connectivity index (χ0n) is 20.4. The minimum Gasteiger partial charge on any atom is -0.507 e. The second-order valence-corrected chi connectivity index (χ2v) is 8.22. The third-order valence-corrected chi connectivity index (χ3v) is 5.97. The van der Waals surface area contributed by atoms with E-state index in [-0.39, 0.29) is 5.75 Å².